The summed E-state index contributed by atoms with van der Waals surface area (Å²) in [4.78, 5) is 25.7. The molecule has 1 saturated heterocycles. The van der Waals surface area contributed by atoms with Crippen LogP contribution in [-0.2, 0) is 9.53 Å². The molecule has 0 saturated carbocycles. The van der Waals surface area contributed by atoms with Gasteiger partial charge >= 0.3 is 12.0 Å². The van der Waals surface area contributed by atoms with Gasteiger partial charge in [0, 0.05) is 18.8 Å². The number of benzene rings is 1. The van der Waals surface area contributed by atoms with Crippen molar-refractivity contribution in [2.75, 3.05) is 25.0 Å². The van der Waals surface area contributed by atoms with Gasteiger partial charge in [-0.3, -0.25) is 4.79 Å². The quantitative estimate of drug-likeness (QED) is 0.871. The number of piperidine rings is 1. The van der Waals surface area contributed by atoms with Gasteiger partial charge in [-0.2, -0.15) is 0 Å². The third-order valence-electron chi connectivity index (χ3n) is 3.63. The Morgan fingerprint density at radius 1 is 1.33 bits per heavy atom. The van der Waals surface area contributed by atoms with Crippen LogP contribution in [0.15, 0.2) is 24.3 Å². The summed E-state index contributed by atoms with van der Waals surface area (Å²) in [5, 5.41) is 2.87. The van der Waals surface area contributed by atoms with Gasteiger partial charge in [0.1, 0.15) is 0 Å². The fraction of sp³-hybridized carbons (Fsp3) is 0.500. The minimum atomic E-state index is -0.206. The van der Waals surface area contributed by atoms with Crippen LogP contribution < -0.4 is 5.32 Å². The molecule has 1 atom stereocenters. The fourth-order valence-corrected chi connectivity index (χ4v) is 2.45. The molecule has 21 heavy (non-hydrogen) atoms. The monoisotopic (exact) mass is 290 g/mol. The lowest BCUT2D eigenvalue weighted by Crippen LogP contribution is -2.44. The maximum atomic E-state index is 12.2. The topological polar surface area (TPSA) is 58.6 Å². The van der Waals surface area contributed by atoms with Crippen molar-refractivity contribution in [1.29, 1.82) is 0 Å². The van der Waals surface area contributed by atoms with E-state index >= 15 is 0 Å². The molecular weight excluding hydrogens is 268 g/mol. The van der Waals surface area contributed by atoms with E-state index in [1.165, 1.54) is 0 Å². The zero-order valence-corrected chi connectivity index (χ0v) is 12.6. The number of nitrogens with one attached hydrogen (secondary N) is 1. The highest BCUT2D eigenvalue weighted by Crippen LogP contribution is 2.19. The van der Waals surface area contributed by atoms with Gasteiger partial charge in [0.05, 0.1) is 12.5 Å². The molecule has 1 unspecified atom stereocenters. The molecular formula is C16H22N2O3. The van der Waals surface area contributed by atoms with E-state index in [4.69, 9.17) is 4.74 Å². The van der Waals surface area contributed by atoms with Crippen molar-refractivity contribution in [3.63, 3.8) is 0 Å². The number of carbonyl (C=O) groups is 2. The van der Waals surface area contributed by atoms with Crippen LogP contribution in [0.5, 0.6) is 0 Å². The summed E-state index contributed by atoms with van der Waals surface area (Å²) >= 11 is 0. The van der Waals surface area contributed by atoms with Gasteiger partial charge < -0.3 is 15.0 Å². The number of rotatable bonds is 3. The molecule has 0 aliphatic carbocycles. The summed E-state index contributed by atoms with van der Waals surface area (Å²) in [7, 11) is 0. The summed E-state index contributed by atoms with van der Waals surface area (Å²) in [6, 6.07) is 7.49. The predicted octanol–water partition coefficient (Wildman–Crippen LogP) is 2.80. The van der Waals surface area contributed by atoms with E-state index in [-0.39, 0.29) is 17.9 Å². The average molecular weight is 290 g/mol. The van der Waals surface area contributed by atoms with Crippen molar-refractivity contribution in [3.8, 4) is 0 Å². The van der Waals surface area contributed by atoms with Gasteiger partial charge in [-0.05, 0) is 38.8 Å². The van der Waals surface area contributed by atoms with Crippen molar-refractivity contribution in [2.45, 2.75) is 26.7 Å². The van der Waals surface area contributed by atoms with Crippen LogP contribution in [0.25, 0.3) is 0 Å². The van der Waals surface area contributed by atoms with Crippen LogP contribution in [0.4, 0.5) is 10.5 Å². The second-order valence-corrected chi connectivity index (χ2v) is 5.33. The summed E-state index contributed by atoms with van der Waals surface area (Å²) in [5.74, 6) is -0.409. The predicted molar refractivity (Wildman–Crippen MR) is 81.1 cm³/mol. The molecule has 0 bridgehead atoms. The first-order valence-electron chi connectivity index (χ1n) is 7.39. The first-order chi connectivity index (χ1) is 10.1. The highest BCUT2D eigenvalue weighted by Gasteiger charge is 2.29. The van der Waals surface area contributed by atoms with E-state index in [1.54, 1.807) is 11.8 Å². The van der Waals surface area contributed by atoms with Gasteiger partial charge in [-0.25, -0.2) is 4.79 Å². The maximum absolute atomic E-state index is 12.2. The molecule has 1 N–H and O–H groups in total. The van der Waals surface area contributed by atoms with Gasteiger partial charge in [-0.1, -0.05) is 17.7 Å². The molecule has 0 radical (unpaired) electrons. The number of nitrogens with zero attached hydrogens (tertiary/aromatic N) is 1. The zero-order valence-electron chi connectivity index (χ0n) is 12.6. The number of amides is 2. The van der Waals surface area contributed by atoms with Crippen LogP contribution in [0.1, 0.15) is 25.3 Å². The lowest BCUT2D eigenvalue weighted by atomic mass is 9.98. The Bertz CT molecular complexity index is 499. The summed E-state index contributed by atoms with van der Waals surface area (Å²) in [6.07, 6.45) is 1.61. The smallest absolute Gasteiger partial charge is 0.321 e. The van der Waals surface area contributed by atoms with Crippen molar-refractivity contribution in [2.24, 2.45) is 5.92 Å². The fourth-order valence-electron chi connectivity index (χ4n) is 2.45. The molecule has 114 valence electrons. The molecule has 5 heteroatoms. The van der Waals surface area contributed by atoms with E-state index < -0.39 is 0 Å². The van der Waals surface area contributed by atoms with Gasteiger partial charge in [0.25, 0.3) is 0 Å². The second-order valence-electron chi connectivity index (χ2n) is 5.33. The van der Waals surface area contributed by atoms with Crippen LogP contribution in [0, 0.1) is 12.8 Å². The van der Waals surface area contributed by atoms with E-state index in [2.05, 4.69) is 5.32 Å². The third kappa shape index (κ3) is 4.21. The average Bonchev–Trinajstić information content (AvgIpc) is 2.50. The van der Waals surface area contributed by atoms with E-state index in [0.717, 1.165) is 24.1 Å². The Morgan fingerprint density at radius 2 is 2.05 bits per heavy atom. The number of carbonyl (C=O) groups excluding carboxylic acids is 2. The SMILES string of the molecule is CCOC(=O)C1CCCN(C(=O)Nc2ccc(C)cc2)C1. The van der Waals surface area contributed by atoms with Crippen molar-refractivity contribution in [3.05, 3.63) is 29.8 Å². The number of esters is 1. The highest BCUT2D eigenvalue weighted by atomic mass is 16.5. The van der Waals surface area contributed by atoms with E-state index in [1.807, 2.05) is 31.2 Å². The van der Waals surface area contributed by atoms with Crippen LogP contribution >= 0.6 is 0 Å². The van der Waals surface area contributed by atoms with E-state index in [9.17, 15) is 9.59 Å². The Hall–Kier alpha value is -2.04. The number of likely N-dealkylation sites (tertiary alicyclic amines) is 1. The second kappa shape index (κ2) is 7.11. The number of ether oxygens (including phenoxy) is 1. The van der Waals surface area contributed by atoms with Crippen LogP contribution in [-0.4, -0.2) is 36.6 Å². The Labute approximate surface area is 125 Å². The molecule has 0 spiro atoms. The molecule has 1 aromatic rings. The molecule has 0 aromatic heterocycles. The Balaban J connectivity index is 1.92. The maximum Gasteiger partial charge on any atom is 0.321 e. The normalized spacial score (nSPS) is 18.2. The van der Waals surface area contributed by atoms with Crippen molar-refractivity contribution in [1.82, 2.24) is 4.90 Å². The third-order valence-corrected chi connectivity index (χ3v) is 3.63. The number of aryl methyl sites for hydroxylation is 1. The molecule has 1 fully saturated rings. The molecule has 2 amide bonds. The first kappa shape index (κ1) is 15.4. The standard InChI is InChI=1S/C16H22N2O3/c1-3-21-15(19)13-5-4-10-18(11-13)16(20)17-14-8-6-12(2)7-9-14/h6-9,13H,3-5,10-11H2,1-2H3,(H,17,20). The zero-order chi connectivity index (χ0) is 15.2. The van der Waals surface area contributed by atoms with Crippen molar-refractivity contribution < 1.29 is 14.3 Å². The number of hydrogen-bond donors (Lipinski definition) is 1. The Morgan fingerprint density at radius 3 is 2.71 bits per heavy atom. The van der Waals surface area contributed by atoms with E-state index in [0.29, 0.717) is 19.7 Å². The van der Waals surface area contributed by atoms with Gasteiger partial charge in [0.15, 0.2) is 0 Å². The lowest BCUT2D eigenvalue weighted by molar-refractivity contribution is -0.149. The summed E-state index contributed by atoms with van der Waals surface area (Å²) < 4.78 is 5.04. The van der Waals surface area contributed by atoms with Gasteiger partial charge in [-0.15, -0.1) is 0 Å². The lowest BCUT2D eigenvalue weighted by Gasteiger charge is -2.31. The largest absolute Gasteiger partial charge is 0.466 e. The molecule has 1 heterocycles. The summed E-state index contributed by atoms with van der Waals surface area (Å²) in [5.41, 5.74) is 1.91. The molecule has 1 aliphatic rings. The molecule has 5 nitrogen and oxygen atoms in total. The molecule has 2 rings (SSSR count). The number of urea groups is 1. The minimum absolute atomic E-state index is 0.159. The van der Waals surface area contributed by atoms with Crippen molar-refractivity contribution >= 4 is 17.7 Å². The summed E-state index contributed by atoms with van der Waals surface area (Å²) in [6.45, 7) is 5.28. The van der Waals surface area contributed by atoms with Crippen LogP contribution in [0.3, 0.4) is 0 Å². The molecule has 1 aromatic carbocycles. The Kier molecular flexibility index (Phi) is 5.20. The molecule has 1 aliphatic heterocycles. The van der Waals surface area contributed by atoms with Gasteiger partial charge in [0.2, 0.25) is 0 Å². The van der Waals surface area contributed by atoms with Crippen LogP contribution in [0.2, 0.25) is 0 Å². The first-order valence-corrected chi connectivity index (χ1v) is 7.39. The number of hydrogen-bond acceptors (Lipinski definition) is 3. The number of anilines is 1. The minimum Gasteiger partial charge on any atom is -0.466 e. The highest BCUT2D eigenvalue weighted by molar-refractivity contribution is 5.89.